The van der Waals surface area contributed by atoms with Crippen molar-refractivity contribution in [1.82, 2.24) is 9.62 Å². The molecule has 2 N–H and O–H groups in total. The Labute approximate surface area is 177 Å². The van der Waals surface area contributed by atoms with Crippen LogP contribution in [0, 0.1) is 6.92 Å². The van der Waals surface area contributed by atoms with Gasteiger partial charge in [0.25, 0.3) is 0 Å². The number of benzene rings is 2. The van der Waals surface area contributed by atoms with Gasteiger partial charge in [-0.3, -0.25) is 9.59 Å². The van der Waals surface area contributed by atoms with E-state index in [9.17, 15) is 18.0 Å². The van der Waals surface area contributed by atoms with Crippen molar-refractivity contribution < 1.29 is 18.0 Å². The van der Waals surface area contributed by atoms with Crippen LogP contribution in [0.1, 0.15) is 31.2 Å². The van der Waals surface area contributed by atoms with Crippen LogP contribution in [0.15, 0.2) is 59.5 Å². The van der Waals surface area contributed by atoms with Gasteiger partial charge >= 0.3 is 11.8 Å². The number of rotatable bonds is 6. The van der Waals surface area contributed by atoms with E-state index in [1.165, 1.54) is 4.31 Å². The first-order valence-electron chi connectivity index (χ1n) is 10.1. The third-order valence-corrected chi connectivity index (χ3v) is 7.13. The van der Waals surface area contributed by atoms with Crippen LogP contribution >= 0.6 is 0 Å². The fourth-order valence-electron chi connectivity index (χ4n) is 3.65. The van der Waals surface area contributed by atoms with Gasteiger partial charge in [-0.2, -0.15) is 4.31 Å². The molecule has 0 saturated carbocycles. The fraction of sp³-hybridized carbons (Fsp3) is 0.364. The topological polar surface area (TPSA) is 95.6 Å². The van der Waals surface area contributed by atoms with E-state index in [1.54, 1.807) is 48.5 Å². The molecule has 1 aliphatic rings. The number of anilines is 1. The molecule has 0 aliphatic carbocycles. The van der Waals surface area contributed by atoms with Gasteiger partial charge < -0.3 is 10.6 Å². The highest BCUT2D eigenvalue weighted by Gasteiger charge is 2.33. The van der Waals surface area contributed by atoms with Crippen LogP contribution in [0.5, 0.6) is 0 Å². The van der Waals surface area contributed by atoms with Gasteiger partial charge in [-0.15, -0.1) is 0 Å². The van der Waals surface area contributed by atoms with E-state index >= 15 is 0 Å². The third kappa shape index (κ3) is 5.46. The fourth-order valence-corrected chi connectivity index (χ4v) is 5.39. The largest absolute Gasteiger partial charge is 0.348 e. The minimum Gasteiger partial charge on any atom is -0.348 e. The van der Waals surface area contributed by atoms with Crippen LogP contribution < -0.4 is 10.6 Å². The smallest absolute Gasteiger partial charge is 0.313 e. The van der Waals surface area contributed by atoms with Crippen molar-refractivity contribution >= 4 is 27.5 Å². The van der Waals surface area contributed by atoms with Crippen molar-refractivity contribution in [3.63, 3.8) is 0 Å². The van der Waals surface area contributed by atoms with E-state index in [0.29, 0.717) is 18.7 Å². The molecule has 2 amide bonds. The number of carbonyl (C=O) groups excluding carboxylic acids is 2. The third-order valence-electron chi connectivity index (χ3n) is 5.17. The molecule has 2 aromatic carbocycles. The zero-order chi connectivity index (χ0) is 21.6. The van der Waals surface area contributed by atoms with Gasteiger partial charge in [-0.1, -0.05) is 36.8 Å². The first kappa shape index (κ1) is 22.0. The Balaban J connectivity index is 1.56. The normalized spacial score (nSPS) is 17.3. The maximum atomic E-state index is 13.0. The summed E-state index contributed by atoms with van der Waals surface area (Å²) < 4.78 is 27.5. The van der Waals surface area contributed by atoms with Crippen molar-refractivity contribution in [3.8, 4) is 0 Å². The molecule has 0 aromatic heterocycles. The van der Waals surface area contributed by atoms with Gasteiger partial charge in [-0.25, -0.2) is 8.42 Å². The minimum absolute atomic E-state index is 0.205. The molecular weight excluding hydrogens is 402 g/mol. The molecule has 1 atom stereocenters. The van der Waals surface area contributed by atoms with E-state index in [2.05, 4.69) is 10.6 Å². The quantitative estimate of drug-likeness (QED) is 0.690. The lowest BCUT2D eigenvalue weighted by molar-refractivity contribution is -0.136. The summed E-state index contributed by atoms with van der Waals surface area (Å²) in [4.78, 5) is 24.5. The van der Waals surface area contributed by atoms with Crippen molar-refractivity contribution in [1.29, 1.82) is 0 Å². The van der Waals surface area contributed by atoms with E-state index in [1.807, 2.05) is 13.0 Å². The molecular formula is C22H27N3O4S. The number of nitrogens with zero attached hydrogens (tertiary/aromatic N) is 1. The summed E-state index contributed by atoms with van der Waals surface area (Å²) in [6.45, 7) is 2.59. The van der Waals surface area contributed by atoms with E-state index < -0.39 is 21.8 Å². The average molecular weight is 430 g/mol. The second kappa shape index (κ2) is 9.86. The lowest BCUT2D eigenvalue weighted by atomic mass is 10.0. The predicted molar refractivity (Wildman–Crippen MR) is 115 cm³/mol. The maximum absolute atomic E-state index is 13.0. The van der Waals surface area contributed by atoms with E-state index in [-0.39, 0.29) is 17.5 Å². The Kier molecular flexibility index (Phi) is 7.23. The van der Waals surface area contributed by atoms with Crippen molar-refractivity contribution in [2.45, 2.75) is 43.5 Å². The van der Waals surface area contributed by atoms with Crippen molar-refractivity contribution in [2.75, 3.05) is 18.4 Å². The Morgan fingerprint density at radius 3 is 2.53 bits per heavy atom. The maximum Gasteiger partial charge on any atom is 0.313 e. The van der Waals surface area contributed by atoms with Gasteiger partial charge in [0.1, 0.15) is 0 Å². The second-order valence-corrected chi connectivity index (χ2v) is 9.34. The second-order valence-electron chi connectivity index (χ2n) is 7.45. The summed E-state index contributed by atoms with van der Waals surface area (Å²) in [6.07, 6.45) is 2.94. The number of sulfonamides is 1. The van der Waals surface area contributed by atoms with Gasteiger partial charge in [0, 0.05) is 24.8 Å². The highest BCUT2D eigenvalue weighted by atomic mass is 32.2. The van der Waals surface area contributed by atoms with Gasteiger partial charge in [0.15, 0.2) is 0 Å². The Hall–Kier alpha value is -2.71. The van der Waals surface area contributed by atoms with E-state index in [4.69, 9.17) is 0 Å². The van der Waals surface area contributed by atoms with Crippen LogP contribution in [-0.4, -0.2) is 43.7 Å². The predicted octanol–water partition coefficient (Wildman–Crippen LogP) is 2.68. The number of aryl methyl sites for hydroxylation is 1. The molecule has 7 nitrogen and oxygen atoms in total. The van der Waals surface area contributed by atoms with Crippen LogP contribution in [-0.2, 0) is 19.6 Å². The minimum atomic E-state index is -3.58. The molecule has 160 valence electrons. The summed E-state index contributed by atoms with van der Waals surface area (Å²) in [5, 5.41) is 5.17. The van der Waals surface area contributed by atoms with Gasteiger partial charge in [-0.05, 0) is 56.0 Å². The molecule has 30 heavy (non-hydrogen) atoms. The number of nitrogens with one attached hydrogen (secondary N) is 2. The number of hydrogen-bond donors (Lipinski definition) is 2. The summed E-state index contributed by atoms with van der Waals surface area (Å²) >= 11 is 0. The molecule has 0 unspecified atom stereocenters. The molecule has 1 saturated heterocycles. The highest BCUT2D eigenvalue weighted by molar-refractivity contribution is 7.89. The van der Waals surface area contributed by atoms with Crippen LogP contribution in [0.4, 0.5) is 5.69 Å². The Morgan fingerprint density at radius 1 is 1.03 bits per heavy atom. The SMILES string of the molecule is Cc1cccc(NC(=O)C(=O)NCC[C@H]2CCCCN2S(=O)(=O)c2ccccc2)c1. The number of hydrogen-bond acceptors (Lipinski definition) is 4. The first-order chi connectivity index (χ1) is 14.4. The Bertz CT molecular complexity index is 992. The van der Waals surface area contributed by atoms with E-state index in [0.717, 1.165) is 24.8 Å². The lowest BCUT2D eigenvalue weighted by Gasteiger charge is -2.34. The van der Waals surface area contributed by atoms with Gasteiger partial charge in [0.05, 0.1) is 4.90 Å². The number of carbonyl (C=O) groups is 2. The summed E-state index contributed by atoms with van der Waals surface area (Å²) in [7, 11) is -3.58. The monoisotopic (exact) mass is 429 g/mol. The molecule has 8 heteroatoms. The molecule has 1 aliphatic heterocycles. The van der Waals surface area contributed by atoms with Gasteiger partial charge in [0.2, 0.25) is 10.0 Å². The van der Waals surface area contributed by atoms with Crippen molar-refractivity contribution in [2.24, 2.45) is 0 Å². The standard InChI is InChI=1S/C22H27N3O4S/c1-17-8-7-9-18(16-17)24-22(27)21(26)23-14-13-19-10-5-6-15-25(19)30(28,29)20-11-3-2-4-12-20/h2-4,7-9,11-12,16,19H,5-6,10,13-15H2,1H3,(H,23,26)(H,24,27)/t19-/m1/s1. The van der Waals surface area contributed by atoms with Crippen LogP contribution in [0.3, 0.4) is 0 Å². The molecule has 0 spiro atoms. The molecule has 0 bridgehead atoms. The summed E-state index contributed by atoms with van der Waals surface area (Å²) in [5.41, 5.74) is 1.53. The highest BCUT2D eigenvalue weighted by Crippen LogP contribution is 2.26. The summed E-state index contributed by atoms with van der Waals surface area (Å²) in [6, 6.07) is 15.4. The molecule has 1 heterocycles. The molecule has 0 radical (unpaired) electrons. The van der Waals surface area contributed by atoms with Crippen LogP contribution in [0.2, 0.25) is 0 Å². The molecule has 1 fully saturated rings. The Morgan fingerprint density at radius 2 is 1.80 bits per heavy atom. The number of piperidine rings is 1. The van der Waals surface area contributed by atoms with Crippen LogP contribution in [0.25, 0.3) is 0 Å². The zero-order valence-electron chi connectivity index (χ0n) is 17.0. The van der Waals surface area contributed by atoms with Crippen molar-refractivity contribution in [3.05, 3.63) is 60.2 Å². The first-order valence-corrected chi connectivity index (χ1v) is 11.5. The number of amides is 2. The molecule has 3 rings (SSSR count). The zero-order valence-corrected chi connectivity index (χ0v) is 17.8. The lowest BCUT2D eigenvalue weighted by Crippen LogP contribution is -2.45. The average Bonchev–Trinajstić information content (AvgIpc) is 2.74. The summed E-state index contributed by atoms with van der Waals surface area (Å²) in [5.74, 6) is -1.47. The molecule has 2 aromatic rings.